The molecule has 0 radical (unpaired) electrons. The van der Waals surface area contributed by atoms with Crippen LogP contribution in [0, 0.1) is 0 Å². The van der Waals surface area contributed by atoms with E-state index < -0.39 is 5.25 Å². The number of methoxy groups -OCH3 is 1. The van der Waals surface area contributed by atoms with Gasteiger partial charge in [-0.1, -0.05) is 23.9 Å². The maximum atomic E-state index is 12.8. The number of aliphatic imine (C=N–C) groups is 1. The molecule has 1 N–H and O–H groups in total. The second kappa shape index (κ2) is 10.2. The molecule has 30 heavy (non-hydrogen) atoms. The molecule has 1 fully saturated rings. The fourth-order valence-electron chi connectivity index (χ4n) is 3.00. The van der Waals surface area contributed by atoms with Gasteiger partial charge in [-0.2, -0.15) is 0 Å². The van der Waals surface area contributed by atoms with Gasteiger partial charge in [0.15, 0.2) is 5.17 Å². The fourth-order valence-corrected chi connectivity index (χ4v) is 4.16. The van der Waals surface area contributed by atoms with Crippen LogP contribution in [0.4, 0.5) is 11.4 Å². The summed E-state index contributed by atoms with van der Waals surface area (Å²) in [5.41, 5.74) is 1.26. The van der Waals surface area contributed by atoms with Crippen molar-refractivity contribution in [2.75, 3.05) is 25.6 Å². The van der Waals surface area contributed by atoms with Gasteiger partial charge in [-0.3, -0.25) is 14.5 Å². The number of ether oxygens (including phenoxy) is 2. The molecule has 0 bridgehead atoms. The molecule has 7 nitrogen and oxygen atoms in total. The van der Waals surface area contributed by atoms with Gasteiger partial charge in [0.05, 0.1) is 13.7 Å². The van der Waals surface area contributed by atoms with E-state index in [0.717, 1.165) is 5.75 Å². The van der Waals surface area contributed by atoms with Gasteiger partial charge in [0.2, 0.25) is 11.8 Å². The summed E-state index contributed by atoms with van der Waals surface area (Å²) < 4.78 is 10.8. The Morgan fingerprint density at radius 2 is 1.93 bits per heavy atom. The summed E-state index contributed by atoms with van der Waals surface area (Å²) in [6.07, 6.45) is 0.117. The number of hydrogen-bond acceptors (Lipinski definition) is 6. The summed E-state index contributed by atoms with van der Waals surface area (Å²) in [7, 11) is 1.57. The number of carbonyl (C=O) groups is 2. The number of nitrogens with zero attached hydrogens (tertiary/aromatic N) is 2. The van der Waals surface area contributed by atoms with E-state index in [4.69, 9.17) is 9.47 Å². The molecule has 0 saturated carbocycles. The standard InChI is InChI=1S/C22H25N3O4S/c1-4-25-20(26)14-19(21(27)23-15-10-12-16(13-11-15)29-5-2)30-22(25)24-17-8-6-7-9-18(17)28-3/h6-13,19H,4-5,14H2,1-3H3,(H,23,27). The number of anilines is 1. The van der Waals surface area contributed by atoms with Crippen molar-refractivity contribution in [2.45, 2.75) is 25.5 Å². The van der Waals surface area contributed by atoms with Crippen LogP contribution < -0.4 is 14.8 Å². The van der Waals surface area contributed by atoms with E-state index in [0.29, 0.717) is 35.4 Å². The van der Waals surface area contributed by atoms with Gasteiger partial charge < -0.3 is 14.8 Å². The van der Waals surface area contributed by atoms with Crippen LogP contribution in [0.1, 0.15) is 20.3 Å². The van der Waals surface area contributed by atoms with Gasteiger partial charge in [-0.25, -0.2) is 4.99 Å². The zero-order valence-corrected chi connectivity index (χ0v) is 18.1. The van der Waals surface area contributed by atoms with Crippen LogP contribution in [0.5, 0.6) is 11.5 Å². The number of amides is 2. The van der Waals surface area contributed by atoms with Crippen LogP contribution in [-0.2, 0) is 9.59 Å². The first kappa shape index (κ1) is 21.7. The SMILES string of the molecule is CCOc1ccc(NC(=O)C2CC(=O)N(CC)C(=Nc3ccccc3OC)S2)cc1. The van der Waals surface area contributed by atoms with E-state index in [1.807, 2.05) is 32.0 Å². The summed E-state index contributed by atoms with van der Waals surface area (Å²) in [6.45, 7) is 4.86. The molecule has 0 aliphatic carbocycles. The minimum atomic E-state index is -0.569. The van der Waals surface area contributed by atoms with Crippen LogP contribution in [0.15, 0.2) is 53.5 Å². The fraction of sp³-hybridized carbons (Fsp3) is 0.318. The van der Waals surface area contributed by atoms with Crippen LogP contribution in [0.3, 0.4) is 0 Å². The highest BCUT2D eigenvalue weighted by atomic mass is 32.2. The van der Waals surface area contributed by atoms with Crippen molar-refractivity contribution in [3.05, 3.63) is 48.5 Å². The molecule has 3 rings (SSSR count). The van der Waals surface area contributed by atoms with Gasteiger partial charge in [0, 0.05) is 18.7 Å². The maximum Gasteiger partial charge on any atom is 0.238 e. The van der Waals surface area contributed by atoms with Crippen LogP contribution >= 0.6 is 11.8 Å². The lowest BCUT2D eigenvalue weighted by molar-refractivity contribution is -0.129. The van der Waals surface area contributed by atoms with Gasteiger partial charge in [0.1, 0.15) is 22.4 Å². The first-order chi connectivity index (χ1) is 14.5. The second-order valence-corrected chi connectivity index (χ2v) is 7.63. The Labute approximate surface area is 180 Å². The van der Waals surface area contributed by atoms with E-state index >= 15 is 0 Å². The van der Waals surface area contributed by atoms with Crippen molar-refractivity contribution < 1.29 is 19.1 Å². The molecule has 1 heterocycles. The average molecular weight is 428 g/mol. The van der Waals surface area contributed by atoms with Gasteiger partial charge in [-0.15, -0.1) is 0 Å². The third-order valence-corrected chi connectivity index (χ3v) is 5.67. The minimum absolute atomic E-state index is 0.117. The predicted molar refractivity (Wildman–Crippen MR) is 120 cm³/mol. The zero-order valence-electron chi connectivity index (χ0n) is 17.3. The number of rotatable bonds is 7. The Morgan fingerprint density at radius 1 is 1.20 bits per heavy atom. The normalized spacial score (nSPS) is 17.7. The topological polar surface area (TPSA) is 80.2 Å². The number of carbonyl (C=O) groups excluding carboxylic acids is 2. The third kappa shape index (κ3) is 5.13. The molecule has 2 amide bonds. The van der Waals surface area contributed by atoms with Crippen molar-refractivity contribution in [1.29, 1.82) is 0 Å². The number of thioether (sulfide) groups is 1. The number of nitrogens with one attached hydrogen (secondary N) is 1. The third-order valence-electron chi connectivity index (χ3n) is 4.48. The number of benzene rings is 2. The van der Waals surface area contributed by atoms with E-state index in [1.165, 1.54) is 11.8 Å². The first-order valence-corrected chi connectivity index (χ1v) is 10.7. The molecular weight excluding hydrogens is 402 g/mol. The molecule has 1 atom stereocenters. The molecule has 158 valence electrons. The number of para-hydroxylation sites is 2. The van der Waals surface area contributed by atoms with E-state index in [1.54, 1.807) is 42.3 Å². The average Bonchev–Trinajstić information content (AvgIpc) is 2.75. The molecular formula is C22H25N3O4S. The van der Waals surface area contributed by atoms with Gasteiger partial charge in [-0.05, 0) is 50.2 Å². The lowest BCUT2D eigenvalue weighted by Crippen LogP contribution is -2.45. The quantitative estimate of drug-likeness (QED) is 0.720. The van der Waals surface area contributed by atoms with E-state index in [-0.39, 0.29) is 18.2 Å². The summed E-state index contributed by atoms with van der Waals surface area (Å²) >= 11 is 1.28. The van der Waals surface area contributed by atoms with E-state index in [2.05, 4.69) is 10.3 Å². The lowest BCUT2D eigenvalue weighted by atomic mass is 10.2. The van der Waals surface area contributed by atoms with Crippen molar-refractivity contribution >= 4 is 40.1 Å². The Hall–Kier alpha value is -3.00. The second-order valence-electron chi connectivity index (χ2n) is 6.46. The number of hydrogen-bond donors (Lipinski definition) is 1. The molecule has 1 aliphatic rings. The minimum Gasteiger partial charge on any atom is -0.494 e. The summed E-state index contributed by atoms with van der Waals surface area (Å²) in [4.78, 5) is 31.7. The molecule has 0 spiro atoms. The molecule has 8 heteroatoms. The summed E-state index contributed by atoms with van der Waals surface area (Å²) in [5, 5.41) is 2.80. The Balaban J connectivity index is 1.78. The van der Waals surface area contributed by atoms with Crippen molar-refractivity contribution in [1.82, 2.24) is 4.90 Å². The van der Waals surface area contributed by atoms with Gasteiger partial charge in [0.25, 0.3) is 0 Å². The molecule has 1 unspecified atom stereocenters. The molecule has 1 saturated heterocycles. The predicted octanol–water partition coefficient (Wildman–Crippen LogP) is 4.07. The Kier molecular flexibility index (Phi) is 7.35. The van der Waals surface area contributed by atoms with Crippen molar-refractivity contribution in [2.24, 2.45) is 4.99 Å². The van der Waals surface area contributed by atoms with Gasteiger partial charge >= 0.3 is 0 Å². The zero-order chi connectivity index (χ0) is 21.5. The molecule has 1 aliphatic heterocycles. The molecule has 0 aromatic heterocycles. The maximum absolute atomic E-state index is 12.8. The summed E-state index contributed by atoms with van der Waals surface area (Å²) in [5.74, 6) is 0.982. The highest BCUT2D eigenvalue weighted by Gasteiger charge is 2.35. The van der Waals surface area contributed by atoms with E-state index in [9.17, 15) is 9.59 Å². The van der Waals surface area contributed by atoms with Crippen LogP contribution in [0.2, 0.25) is 0 Å². The Morgan fingerprint density at radius 3 is 2.60 bits per heavy atom. The highest BCUT2D eigenvalue weighted by molar-refractivity contribution is 8.15. The lowest BCUT2D eigenvalue weighted by Gasteiger charge is -2.31. The van der Waals surface area contributed by atoms with Crippen molar-refractivity contribution in [3.8, 4) is 11.5 Å². The molecule has 2 aromatic carbocycles. The monoisotopic (exact) mass is 427 g/mol. The highest BCUT2D eigenvalue weighted by Crippen LogP contribution is 2.33. The smallest absolute Gasteiger partial charge is 0.238 e. The first-order valence-electron chi connectivity index (χ1n) is 9.78. The largest absolute Gasteiger partial charge is 0.494 e. The van der Waals surface area contributed by atoms with Crippen LogP contribution in [0.25, 0.3) is 0 Å². The molecule has 2 aromatic rings. The Bertz CT molecular complexity index is 930. The summed E-state index contributed by atoms with van der Waals surface area (Å²) in [6, 6.07) is 14.5. The van der Waals surface area contributed by atoms with Crippen molar-refractivity contribution in [3.63, 3.8) is 0 Å². The van der Waals surface area contributed by atoms with Crippen LogP contribution in [-0.4, -0.2) is 47.4 Å². The number of amidine groups is 1.